The number of hydrogen-bond acceptors (Lipinski definition) is 6. The van der Waals surface area contributed by atoms with Gasteiger partial charge in [-0.05, 0) is 80.8 Å². The maximum atomic E-state index is 14.3. The van der Waals surface area contributed by atoms with E-state index in [1.54, 1.807) is 48.8 Å². The Balaban J connectivity index is 1.15. The molecular formula is C42H20N4O4. The highest BCUT2D eigenvalue weighted by Gasteiger charge is 2.38. The fourth-order valence-electron chi connectivity index (χ4n) is 8.24. The number of nitrogens with zero attached hydrogens (tertiary/aromatic N) is 4. The number of imide groups is 2. The van der Waals surface area contributed by atoms with E-state index in [9.17, 15) is 19.2 Å². The van der Waals surface area contributed by atoms with Crippen molar-refractivity contribution in [2.24, 2.45) is 0 Å². The van der Waals surface area contributed by atoms with Crippen LogP contribution in [0.4, 0.5) is 11.4 Å². The van der Waals surface area contributed by atoms with Crippen molar-refractivity contribution >= 4 is 99.9 Å². The molecule has 4 amide bonds. The summed E-state index contributed by atoms with van der Waals surface area (Å²) in [6.45, 7) is 0. The van der Waals surface area contributed by atoms with Gasteiger partial charge in [-0.15, -0.1) is 0 Å². The van der Waals surface area contributed by atoms with Gasteiger partial charge in [-0.3, -0.25) is 29.1 Å². The predicted octanol–water partition coefficient (Wildman–Crippen LogP) is 8.43. The van der Waals surface area contributed by atoms with Crippen LogP contribution in [0.3, 0.4) is 0 Å². The summed E-state index contributed by atoms with van der Waals surface area (Å²) in [6, 6.07) is 33.1. The molecule has 0 radical (unpaired) electrons. The molecule has 0 bridgehead atoms. The third-order valence-electron chi connectivity index (χ3n) is 10.3. The number of pyridine rings is 2. The highest BCUT2D eigenvalue weighted by molar-refractivity contribution is 6.45. The molecule has 11 rings (SSSR count). The summed E-state index contributed by atoms with van der Waals surface area (Å²) >= 11 is 0. The third kappa shape index (κ3) is 3.20. The summed E-state index contributed by atoms with van der Waals surface area (Å²) in [6.07, 6.45) is 3.30. The maximum Gasteiger partial charge on any atom is 0.266 e. The fourth-order valence-corrected chi connectivity index (χ4v) is 8.24. The molecule has 0 saturated carbocycles. The van der Waals surface area contributed by atoms with Gasteiger partial charge >= 0.3 is 0 Å². The van der Waals surface area contributed by atoms with Gasteiger partial charge < -0.3 is 0 Å². The van der Waals surface area contributed by atoms with Crippen LogP contribution in [0.15, 0.2) is 122 Å². The van der Waals surface area contributed by atoms with Crippen molar-refractivity contribution in [2.75, 3.05) is 9.80 Å². The highest BCUT2D eigenvalue weighted by atomic mass is 16.2. The number of para-hydroxylation sites is 2. The van der Waals surface area contributed by atoms with E-state index >= 15 is 0 Å². The zero-order chi connectivity index (χ0) is 33.4. The molecule has 0 N–H and O–H groups in total. The SMILES string of the molecule is O=C1c2ccc3c4ccc5c6c(ccc(c7ccc(c2c37)C(=O)N1c1cccc2cccnc12)c64)C(=O)N(c1cccc2cccnc12)C5=O. The van der Waals surface area contributed by atoms with E-state index in [0.29, 0.717) is 55.4 Å². The first-order valence-electron chi connectivity index (χ1n) is 16.2. The number of fused-ring (bicyclic) bond motifs is 4. The van der Waals surface area contributed by atoms with Crippen LogP contribution in [-0.4, -0.2) is 33.6 Å². The van der Waals surface area contributed by atoms with Crippen molar-refractivity contribution in [3.05, 3.63) is 144 Å². The molecule has 2 aromatic heterocycles. The van der Waals surface area contributed by atoms with Gasteiger partial charge in [0.25, 0.3) is 23.6 Å². The van der Waals surface area contributed by atoms with Crippen LogP contribution in [-0.2, 0) is 0 Å². The van der Waals surface area contributed by atoms with Crippen LogP contribution in [0.2, 0.25) is 0 Å². The van der Waals surface area contributed by atoms with Crippen molar-refractivity contribution in [3.8, 4) is 0 Å². The minimum Gasteiger partial charge on any atom is -0.268 e. The lowest BCUT2D eigenvalue weighted by Gasteiger charge is -2.30. The van der Waals surface area contributed by atoms with Crippen molar-refractivity contribution in [2.45, 2.75) is 0 Å². The zero-order valence-corrected chi connectivity index (χ0v) is 26.0. The van der Waals surface area contributed by atoms with Gasteiger partial charge in [0.1, 0.15) is 0 Å². The third-order valence-corrected chi connectivity index (χ3v) is 10.3. The van der Waals surface area contributed by atoms with Crippen LogP contribution in [0.25, 0.3) is 64.9 Å². The maximum absolute atomic E-state index is 14.3. The summed E-state index contributed by atoms with van der Waals surface area (Å²) in [4.78, 5) is 68.5. The molecule has 8 nitrogen and oxygen atoms in total. The average Bonchev–Trinajstić information content (AvgIpc) is 3.15. The van der Waals surface area contributed by atoms with Crippen molar-refractivity contribution in [1.29, 1.82) is 0 Å². The molecule has 50 heavy (non-hydrogen) atoms. The summed E-state index contributed by atoms with van der Waals surface area (Å²) in [5.74, 6) is -1.67. The van der Waals surface area contributed by atoms with E-state index in [0.717, 1.165) is 43.1 Å². The lowest BCUT2D eigenvalue weighted by Crippen LogP contribution is -2.40. The van der Waals surface area contributed by atoms with Gasteiger partial charge in [-0.25, -0.2) is 9.80 Å². The second-order valence-electron chi connectivity index (χ2n) is 12.7. The van der Waals surface area contributed by atoms with E-state index in [2.05, 4.69) is 9.97 Å². The van der Waals surface area contributed by atoms with E-state index in [-0.39, 0.29) is 0 Å². The first kappa shape index (κ1) is 26.9. The van der Waals surface area contributed by atoms with Crippen molar-refractivity contribution in [1.82, 2.24) is 9.97 Å². The smallest absolute Gasteiger partial charge is 0.266 e. The first-order valence-corrected chi connectivity index (χ1v) is 16.2. The molecule has 7 aromatic carbocycles. The number of amides is 4. The Hall–Kier alpha value is -7.06. The molecule has 2 aliphatic heterocycles. The molecule has 232 valence electrons. The number of carbonyl (C=O) groups excluding carboxylic acids is 4. The Morgan fingerprint density at radius 1 is 0.360 bits per heavy atom. The van der Waals surface area contributed by atoms with Crippen LogP contribution in [0.1, 0.15) is 41.4 Å². The highest BCUT2D eigenvalue weighted by Crippen LogP contribution is 2.47. The zero-order valence-electron chi connectivity index (χ0n) is 26.0. The normalized spacial score (nSPS) is 14.5. The summed E-state index contributed by atoms with van der Waals surface area (Å²) < 4.78 is 0. The van der Waals surface area contributed by atoms with Crippen LogP contribution >= 0.6 is 0 Å². The average molecular weight is 645 g/mol. The van der Waals surface area contributed by atoms with Gasteiger partial charge in [0.15, 0.2) is 0 Å². The summed E-state index contributed by atoms with van der Waals surface area (Å²) in [5, 5.41) is 7.77. The Bertz CT molecular complexity index is 2760. The van der Waals surface area contributed by atoms with Gasteiger partial charge in [-0.1, -0.05) is 60.7 Å². The number of hydrogen-bond donors (Lipinski definition) is 0. The summed E-state index contributed by atoms with van der Waals surface area (Å²) in [5.41, 5.74) is 3.70. The minimum absolute atomic E-state index is 0.417. The van der Waals surface area contributed by atoms with Gasteiger partial charge in [0.05, 0.1) is 22.4 Å². The van der Waals surface area contributed by atoms with Crippen molar-refractivity contribution in [3.63, 3.8) is 0 Å². The molecule has 2 aliphatic rings. The number of aromatic nitrogens is 2. The van der Waals surface area contributed by atoms with Gasteiger partial charge in [0, 0.05) is 56.2 Å². The van der Waals surface area contributed by atoms with E-state index in [1.165, 1.54) is 9.80 Å². The van der Waals surface area contributed by atoms with E-state index < -0.39 is 23.6 Å². The molecule has 4 heterocycles. The van der Waals surface area contributed by atoms with Crippen LogP contribution in [0, 0.1) is 0 Å². The quantitative estimate of drug-likeness (QED) is 0.106. The Labute approximate surface area is 282 Å². The first-order chi connectivity index (χ1) is 24.5. The van der Waals surface area contributed by atoms with E-state index in [1.807, 2.05) is 72.8 Å². The van der Waals surface area contributed by atoms with Crippen LogP contribution in [0.5, 0.6) is 0 Å². The Morgan fingerprint density at radius 3 is 1.06 bits per heavy atom. The molecular weight excluding hydrogens is 624 g/mol. The predicted molar refractivity (Wildman–Crippen MR) is 193 cm³/mol. The van der Waals surface area contributed by atoms with E-state index in [4.69, 9.17) is 0 Å². The molecule has 0 unspecified atom stereocenters. The molecule has 0 atom stereocenters. The second kappa shape index (κ2) is 9.30. The molecule has 0 saturated heterocycles. The fraction of sp³-hybridized carbons (Fsp3) is 0. The molecule has 8 heteroatoms. The lowest BCUT2D eigenvalue weighted by molar-refractivity contribution is 0.0878. The number of carbonyl (C=O) groups is 4. The number of benzene rings is 7. The number of anilines is 2. The Morgan fingerprint density at radius 2 is 0.700 bits per heavy atom. The lowest BCUT2D eigenvalue weighted by atomic mass is 9.82. The van der Waals surface area contributed by atoms with Gasteiger partial charge in [-0.2, -0.15) is 0 Å². The standard InChI is InChI=1S/C42H20N4O4/c47-39-27-15-11-23-25-13-17-29-36-30(42(50)46(41(29)49)32-10-2-6-22-8-4-20-44-38(22)32)18-14-26(34(25)36)24-12-16-28(35(27)33(23)24)40(48)45(39)31-9-1-5-21-7-3-19-43-37(21)31/h1-20H. The topological polar surface area (TPSA) is 101 Å². The molecule has 9 aromatic rings. The molecule has 0 fully saturated rings. The largest absolute Gasteiger partial charge is 0.268 e. The monoisotopic (exact) mass is 644 g/mol. The summed E-state index contributed by atoms with van der Waals surface area (Å²) in [7, 11) is 0. The molecule has 0 aliphatic carbocycles. The Kier molecular flexibility index (Phi) is 5.01. The molecule has 0 spiro atoms. The second-order valence-corrected chi connectivity index (χ2v) is 12.7. The number of rotatable bonds is 2. The van der Waals surface area contributed by atoms with Gasteiger partial charge in [0.2, 0.25) is 0 Å². The van der Waals surface area contributed by atoms with Crippen molar-refractivity contribution < 1.29 is 19.2 Å². The van der Waals surface area contributed by atoms with Crippen LogP contribution < -0.4 is 9.80 Å². The minimum atomic E-state index is -0.417.